The Kier molecular flexibility index (Phi) is 5.24. The minimum absolute atomic E-state index is 0.0566. The number of nitrogens with zero attached hydrogens (tertiary/aromatic N) is 2. The van der Waals surface area contributed by atoms with Crippen LogP contribution in [-0.2, 0) is 0 Å². The van der Waals surface area contributed by atoms with Gasteiger partial charge in [-0.1, -0.05) is 25.0 Å². The van der Waals surface area contributed by atoms with Gasteiger partial charge in [0.2, 0.25) is 0 Å². The summed E-state index contributed by atoms with van der Waals surface area (Å²) in [6, 6.07) is 7.23. The third-order valence-electron chi connectivity index (χ3n) is 3.66. The summed E-state index contributed by atoms with van der Waals surface area (Å²) in [4.78, 5) is 16.1. The summed E-state index contributed by atoms with van der Waals surface area (Å²) < 4.78 is 0. The van der Waals surface area contributed by atoms with Crippen LogP contribution in [0.1, 0.15) is 25.7 Å². The molecule has 0 atom stereocenters. The molecular weight excluding hydrogens is 254 g/mol. The van der Waals surface area contributed by atoms with Crippen molar-refractivity contribution in [3.05, 3.63) is 24.3 Å². The van der Waals surface area contributed by atoms with E-state index in [0.29, 0.717) is 11.4 Å². The van der Waals surface area contributed by atoms with Crippen molar-refractivity contribution in [3.8, 4) is 0 Å². The molecule has 2 rings (SSSR count). The molecule has 1 aliphatic heterocycles. The molecule has 1 fully saturated rings. The first-order valence-electron chi connectivity index (χ1n) is 7.26. The molecule has 1 heterocycles. The number of anilines is 2. The molecular formula is C15H23N3O2. The van der Waals surface area contributed by atoms with Crippen molar-refractivity contribution >= 4 is 17.4 Å². The number of aliphatic hydroxyl groups is 1. The van der Waals surface area contributed by atoms with Crippen LogP contribution in [0.3, 0.4) is 0 Å². The van der Waals surface area contributed by atoms with E-state index in [0.717, 1.165) is 25.9 Å². The van der Waals surface area contributed by atoms with E-state index in [-0.39, 0.29) is 19.2 Å². The molecule has 1 saturated heterocycles. The van der Waals surface area contributed by atoms with Crippen LogP contribution in [0.2, 0.25) is 0 Å². The van der Waals surface area contributed by atoms with E-state index in [1.54, 1.807) is 11.0 Å². The molecule has 20 heavy (non-hydrogen) atoms. The average Bonchev–Trinajstić information content (AvgIpc) is 2.74. The highest BCUT2D eigenvalue weighted by molar-refractivity contribution is 5.95. The van der Waals surface area contributed by atoms with E-state index in [1.807, 2.05) is 23.1 Å². The fourth-order valence-electron chi connectivity index (χ4n) is 2.59. The van der Waals surface area contributed by atoms with Crippen LogP contribution in [0.25, 0.3) is 0 Å². The first kappa shape index (κ1) is 14.7. The van der Waals surface area contributed by atoms with Gasteiger partial charge in [-0.15, -0.1) is 0 Å². The maximum atomic E-state index is 12.7. The van der Waals surface area contributed by atoms with Gasteiger partial charge in [0.1, 0.15) is 0 Å². The lowest BCUT2D eigenvalue weighted by Gasteiger charge is -2.30. The van der Waals surface area contributed by atoms with Gasteiger partial charge in [0.15, 0.2) is 0 Å². The third-order valence-corrected chi connectivity index (χ3v) is 3.66. The highest BCUT2D eigenvalue weighted by Gasteiger charge is 2.23. The fourth-order valence-corrected chi connectivity index (χ4v) is 2.59. The summed E-state index contributed by atoms with van der Waals surface area (Å²) in [7, 11) is 0. The Morgan fingerprint density at radius 1 is 1.20 bits per heavy atom. The molecule has 0 spiro atoms. The van der Waals surface area contributed by atoms with Crippen molar-refractivity contribution in [2.24, 2.45) is 0 Å². The highest BCUT2D eigenvalue weighted by atomic mass is 16.3. The van der Waals surface area contributed by atoms with Gasteiger partial charge in [0.05, 0.1) is 24.5 Å². The summed E-state index contributed by atoms with van der Waals surface area (Å²) in [5.41, 5.74) is 7.19. The van der Waals surface area contributed by atoms with Gasteiger partial charge < -0.3 is 15.7 Å². The molecule has 5 heteroatoms. The number of amides is 2. The minimum Gasteiger partial charge on any atom is -0.397 e. The number of nitrogens with two attached hydrogens (primary N) is 1. The van der Waals surface area contributed by atoms with Gasteiger partial charge in [-0.2, -0.15) is 0 Å². The number of hydrogen-bond donors (Lipinski definition) is 2. The maximum absolute atomic E-state index is 12.7. The normalized spacial score (nSPS) is 15.8. The number of nitrogen functional groups attached to an aromatic ring is 1. The number of hydrogen-bond acceptors (Lipinski definition) is 3. The summed E-state index contributed by atoms with van der Waals surface area (Å²) >= 11 is 0. The van der Waals surface area contributed by atoms with Crippen molar-refractivity contribution in [2.75, 3.05) is 36.9 Å². The van der Waals surface area contributed by atoms with Crippen molar-refractivity contribution in [3.63, 3.8) is 0 Å². The molecule has 1 aromatic carbocycles. The molecule has 0 radical (unpaired) electrons. The Labute approximate surface area is 120 Å². The zero-order valence-corrected chi connectivity index (χ0v) is 11.8. The molecule has 0 aliphatic carbocycles. The van der Waals surface area contributed by atoms with Crippen LogP contribution in [0.5, 0.6) is 0 Å². The van der Waals surface area contributed by atoms with Crippen LogP contribution in [0, 0.1) is 0 Å². The first-order valence-corrected chi connectivity index (χ1v) is 7.26. The SMILES string of the molecule is Nc1ccccc1N(CCO)C(=O)N1CCCCCC1. The number of carbonyl (C=O) groups is 1. The van der Waals surface area contributed by atoms with E-state index in [2.05, 4.69) is 0 Å². The lowest BCUT2D eigenvalue weighted by molar-refractivity contribution is 0.203. The summed E-state index contributed by atoms with van der Waals surface area (Å²) in [5.74, 6) is 0. The second-order valence-electron chi connectivity index (χ2n) is 5.12. The molecule has 0 bridgehead atoms. The first-order chi connectivity index (χ1) is 9.74. The quantitative estimate of drug-likeness (QED) is 0.831. The van der Waals surface area contributed by atoms with Crippen LogP contribution in [-0.4, -0.2) is 42.3 Å². The molecule has 5 nitrogen and oxygen atoms in total. The Hall–Kier alpha value is -1.75. The van der Waals surface area contributed by atoms with Gasteiger partial charge in [-0.25, -0.2) is 4.79 Å². The Bertz CT molecular complexity index is 442. The van der Waals surface area contributed by atoms with Gasteiger partial charge in [0.25, 0.3) is 0 Å². The lowest BCUT2D eigenvalue weighted by atomic mass is 10.2. The van der Waals surface area contributed by atoms with Crippen LogP contribution >= 0.6 is 0 Å². The zero-order valence-electron chi connectivity index (χ0n) is 11.8. The Balaban J connectivity index is 2.19. The second-order valence-corrected chi connectivity index (χ2v) is 5.12. The number of carbonyl (C=O) groups excluding carboxylic acids is 1. The Morgan fingerprint density at radius 3 is 2.45 bits per heavy atom. The lowest BCUT2D eigenvalue weighted by Crippen LogP contribution is -2.45. The summed E-state index contributed by atoms with van der Waals surface area (Å²) in [5, 5.41) is 9.24. The molecule has 3 N–H and O–H groups in total. The predicted molar refractivity (Wildman–Crippen MR) is 80.7 cm³/mol. The molecule has 0 aromatic heterocycles. The van der Waals surface area contributed by atoms with Crippen LogP contribution < -0.4 is 10.6 Å². The van der Waals surface area contributed by atoms with Gasteiger partial charge >= 0.3 is 6.03 Å². The summed E-state index contributed by atoms with van der Waals surface area (Å²) in [6.45, 7) is 1.76. The van der Waals surface area contributed by atoms with Crippen molar-refractivity contribution in [2.45, 2.75) is 25.7 Å². The van der Waals surface area contributed by atoms with E-state index in [9.17, 15) is 9.90 Å². The highest BCUT2D eigenvalue weighted by Crippen LogP contribution is 2.24. The summed E-state index contributed by atoms with van der Waals surface area (Å²) in [6.07, 6.45) is 4.44. The smallest absolute Gasteiger partial charge is 0.324 e. The number of benzene rings is 1. The van der Waals surface area contributed by atoms with Gasteiger partial charge in [-0.3, -0.25) is 4.90 Å². The fraction of sp³-hybridized carbons (Fsp3) is 0.533. The number of rotatable bonds is 3. The van der Waals surface area contributed by atoms with Crippen LogP contribution in [0.15, 0.2) is 24.3 Å². The molecule has 1 aliphatic rings. The van der Waals surface area contributed by atoms with Gasteiger partial charge in [-0.05, 0) is 25.0 Å². The number of urea groups is 1. The standard InChI is InChI=1S/C15H23N3O2/c16-13-7-3-4-8-14(13)18(11-12-19)15(20)17-9-5-1-2-6-10-17/h3-4,7-8,19H,1-2,5-6,9-12,16H2. The monoisotopic (exact) mass is 277 g/mol. The van der Waals surface area contributed by atoms with E-state index >= 15 is 0 Å². The topological polar surface area (TPSA) is 69.8 Å². The van der Waals surface area contributed by atoms with Crippen molar-refractivity contribution in [1.82, 2.24) is 4.90 Å². The third kappa shape index (κ3) is 3.42. The van der Waals surface area contributed by atoms with E-state index in [4.69, 9.17) is 5.73 Å². The molecule has 2 amide bonds. The van der Waals surface area contributed by atoms with E-state index < -0.39 is 0 Å². The van der Waals surface area contributed by atoms with Crippen molar-refractivity contribution in [1.29, 1.82) is 0 Å². The minimum atomic E-state index is -0.0755. The molecule has 0 unspecified atom stereocenters. The maximum Gasteiger partial charge on any atom is 0.324 e. The van der Waals surface area contributed by atoms with E-state index in [1.165, 1.54) is 12.8 Å². The zero-order chi connectivity index (χ0) is 14.4. The number of para-hydroxylation sites is 2. The number of likely N-dealkylation sites (tertiary alicyclic amines) is 1. The van der Waals surface area contributed by atoms with Gasteiger partial charge in [0, 0.05) is 13.1 Å². The average molecular weight is 277 g/mol. The largest absolute Gasteiger partial charge is 0.397 e. The Morgan fingerprint density at radius 2 is 1.85 bits per heavy atom. The number of aliphatic hydroxyl groups excluding tert-OH is 1. The molecule has 110 valence electrons. The predicted octanol–water partition coefficient (Wildman–Crippen LogP) is 2.06. The van der Waals surface area contributed by atoms with Crippen LogP contribution in [0.4, 0.5) is 16.2 Å². The molecule has 1 aromatic rings. The van der Waals surface area contributed by atoms with Crippen molar-refractivity contribution < 1.29 is 9.90 Å². The second kappa shape index (κ2) is 7.14. The molecule has 0 saturated carbocycles.